The maximum absolute atomic E-state index is 11.8. The lowest BCUT2D eigenvalue weighted by Crippen LogP contribution is -2.43. The second kappa shape index (κ2) is 7.78. The second-order valence-corrected chi connectivity index (χ2v) is 6.28. The number of nitrogens with one attached hydrogen (secondary N) is 2. The zero-order chi connectivity index (χ0) is 16.8. The van der Waals surface area contributed by atoms with E-state index in [0.717, 1.165) is 11.1 Å². The molecule has 0 unspecified atom stereocenters. The number of thiophene rings is 1. The van der Waals surface area contributed by atoms with Gasteiger partial charge in [0, 0.05) is 5.38 Å². The summed E-state index contributed by atoms with van der Waals surface area (Å²) in [4.78, 5) is 23.5. The Labute approximate surface area is 139 Å². The molecule has 0 fully saturated rings. The average molecular weight is 332 g/mol. The van der Waals surface area contributed by atoms with E-state index in [-0.39, 0.29) is 12.5 Å². The highest BCUT2D eigenvalue weighted by Gasteiger charge is 2.11. The lowest BCUT2D eigenvalue weighted by molar-refractivity contribution is -0.123. The maximum Gasteiger partial charge on any atom is 0.276 e. The highest BCUT2D eigenvalue weighted by molar-refractivity contribution is 7.08. The second-order valence-electron chi connectivity index (χ2n) is 5.50. The number of benzene rings is 1. The van der Waals surface area contributed by atoms with Crippen LogP contribution in [0.15, 0.2) is 35.0 Å². The first-order valence-electron chi connectivity index (χ1n) is 7.32. The van der Waals surface area contributed by atoms with Gasteiger partial charge in [0.2, 0.25) is 0 Å². The Bertz CT molecular complexity index is 681. The molecule has 122 valence electrons. The summed E-state index contributed by atoms with van der Waals surface area (Å²) in [6, 6.07) is 7.62. The lowest BCUT2D eigenvalue weighted by Gasteiger charge is -2.15. The van der Waals surface area contributed by atoms with Gasteiger partial charge in [-0.05, 0) is 41.5 Å². The highest BCUT2D eigenvalue weighted by atomic mass is 32.1. The monoisotopic (exact) mass is 332 g/mol. The van der Waals surface area contributed by atoms with Crippen LogP contribution in [0.2, 0.25) is 0 Å². The van der Waals surface area contributed by atoms with Crippen LogP contribution in [-0.4, -0.2) is 18.4 Å². The summed E-state index contributed by atoms with van der Waals surface area (Å²) in [6.45, 7) is 5.95. The van der Waals surface area contributed by atoms with E-state index in [1.165, 1.54) is 11.3 Å². The standard InChI is InChI=1S/C17H20N2O3S/c1-11(2)14-5-4-12(3)8-15(14)22-9-16(20)18-19-17(21)13-6-7-23-10-13/h4-8,10-11H,9H2,1-3H3,(H,18,20)(H,19,21). The molecule has 6 heteroatoms. The fourth-order valence-corrected chi connectivity index (χ4v) is 2.65. The lowest BCUT2D eigenvalue weighted by atomic mass is 10.0. The van der Waals surface area contributed by atoms with E-state index in [1.807, 2.05) is 25.1 Å². The summed E-state index contributed by atoms with van der Waals surface area (Å²) in [5.74, 6) is 0.231. The molecule has 0 radical (unpaired) electrons. The van der Waals surface area contributed by atoms with Crippen LogP contribution in [0.25, 0.3) is 0 Å². The molecule has 1 aromatic heterocycles. The Kier molecular flexibility index (Phi) is 5.76. The normalized spacial score (nSPS) is 10.4. The van der Waals surface area contributed by atoms with E-state index in [0.29, 0.717) is 17.2 Å². The van der Waals surface area contributed by atoms with Crippen molar-refractivity contribution in [3.05, 3.63) is 51.7 Å². The van der Waals surface area contributed by atoms with Gasteiger partial charge in [-0.15, -0.1) is 0 Å². The van der Waals surface area contributed by atoms with Gasteiger partial charge >= 0.3 is 0 Å². The van der Waals surface area contributed by atoms with Gasteiger partial charge < -0.3 is 4.74 Å². The highest BCUT2D eigenvalue weighted by Crippen LogP contribution is 2.27. The number of aryl methyl sites for hydroxylation is 1. The minimum atomic E-state index is -0.412. The van der Waals surface area contributed by atoms with Crippen molar-refractivity contribution in [3.8, 4) is 5.75 Å². The molecular weight excluding hydrogens is 312 g/mol. The number of hydrogen-bond donors (Lipinski definition) is 2. The minimum absolute atomic E-state index is 0.160. The van der Waals surface area contributed by atoms with Gasteiger partial charge in [0.05, 0.1) is 5.56 Å². The van der Waals surface area contributed by atoms with Crippen molar-refractivity contribution in [3.63, 3.8) is 0 Å². The predicted molar refractivity (Wildman–Crippen MR) is 90.7 cm³/mol. The van der Waals surface area contributed by atoms with Crippen LogP contribution >= 0.6 is 11.3 Å². The third-order valence-electron chi connectivity index (χ3n) is 3.25. The fourth-order valence-electron chi connectivity index (χ4n) is 2.02. The first kappa shape index (κ1) is 17.0. The molecule has 0 bridgehead atoms. The molecule has 0 aliphatic rings. The summed E-state index contributed by atoms with van der Waals surface area (Å²) in [6.07, 6.45) is 0. The molecule has 23 heavy (non-hydrogen) atoms. The molecule has 0 saturated carbocycles. The van der Waals surface area contributed by atoms with Crippen molar-refractivity contribution >= 4 is 23.2 Å². The van der Waals surface area contributed by atoms with E-state index < -0.39 is 5.91 Å². The Morgan fingerprint density at radius 1 is 1.22 bits per heavy atom. The molecule has 0 atom stereocenters. The summed E-state index contributed by atoms with van der Waals surface area (Å²) in [5.41, 5.74) is 7.33. The minimum Gasteiger partial charge on any atom is -0.483 e. The SMILES string of the molecule is Cc1ccc(C(C)C)c(OCC(=O)NNC(=O)c2ccsc2)c1. The molecule has 2 aromatic rings. The van der Waals surface area contributed by atoms with Crippen LogP contribution in [-0.2, 0) is 4.79 Å². The predicted octanol–water partition coefficient (Wildman–Crippen LogP) is 3.02. The summed E-state index contributed by atoms with van der Waals surface area (Å²) < 4.78 is 5.60. The first-order valence-corrected chi connectivity index (χ1v) is 8.26. The Morgan fingerprint density at radius 3 is 2.65 bits per heavy atom. The van der Waals surface area contributed by atoms with Crippen molar-refractivity contribution in [1.82, 2.24) is 10.9 Å². The molecular formula is C17H20N2O3S. The molecule has 1 aromatic carbocycles. The number of ether oxygens (including phenoxy) is 1. The smallest absolute Gasteiger partial charge is 0.276 e. The van der Waals surface area contributed by atoms with Gasteiger partial charge in [-0.3, -0.25) is 20.4 Å². The Morgan fingerprint density at radius 2 is 2.00 bits per heavy atom. The Balaban J connectivity index is 1.87. The molecule has 2 N–H and O–H groups in total. The summed E-state index contributed by atoms with van der Waals surface area (Å²) in [7, 11) is 0. The van der Waals surface area contributed by atoms with Crippen molar-refractivity contribution in [1.29, 1.82) is 0 Å². The van der Waals surface area contributed by atoms with Crippen LogP contribution in [0, 0.1) is 6.92 Å². The van der Waals surface area contributed by atoms with Crippen LogP contribution < -0.4 is 15.6 Å². The van der Waals surface area contributed by atoms with Gasteiger partial charge in [0.1, 0.15) is 5.75 Å². The van der Waals surface area contributed by atoms with E-state index in [9.17, 15) is 9.59 Å². The van der Waals surface area contributed by atoms with Gasteiger partial charge in [-0.2, -0.15) is 11.3 Å². The molecule has 0 aliphatic heterocycles. The van der Waals surface area contributed by atoms with Crippen LogP contribution in [0.5, 0.6) is 5.75 Å². The fraction of sp³-hybridized carbons (Fsp3) is 0.294. The van der Waals surface area contributed by atoms with Gasteiger partial charge in [0.25, 0.3) is 11.8 Å². The Hall–Kier alpha value is -2.34. The zero-order valence-corrected chi connectivity index (χ0v) is 14.2. The maximum atomic E-state index is 11.8. The quantitative estimate of drug-likeness (QED) is 0.827. The summed E-state index contributed by atoms with van der Waals surface area (Å²) in [5, 5.41) is 3.50. The van der Waals surface area contributed by atoms with Crippen LogP contribution in [0.4, 0.5) is 0 Å². The van der Waals surface area contributed by atoms with Crippen molar-refractivity contribution in [2.24, 2.45) is 0 Å². The number of hydrazine groups is 1. The molecule has 0 aliphatic carbocycles. The van der Waals surface area contributed by atoms with Crippen molar-refractivity contribution < 1.29 is 14.3 Å². The molecule has 0 saturated heterocycles. The largest absolute Gasteiger partial charge is 0.483 e. The van der Waals surface area contributed by atoms with E-state index in [2.05, 4.69) is 24.7 Å². The molecule has 2 rings (SSSR count). The first-order chi connectivity index (χ1) is 11.0. The van der Waals surface area contributed by atoms with Crippen molar-refractivity contribution in [2.75, 3.05) is 6.61 Å². The molecule has 5 nitrogen and oxygen atoms in total. The molecule has 0 spiro atoms. The van der Waals surface area contributed by atoms with E-state index in [1.54, 1.807) is 16.8 Å². The topological polar surface area (TPSA) is 67.4 Å². The number of rotatable bonds is 5. The molecule has 2 amide bonds. The van der Waals surface area contributed by atoms with Gasteiger partial charge in [0.15, 0.2) is 6.61 Å². The number of carbonyl (C=O) groups is 2. The van der Waals surface area contributed by atoms with Gasteiger partial charge in [-0.25, -0.2) is 0 Å². The number of amides is 2. The van der Waals surface area contributed by atoms with Crippen LogP contribution in [0.1, 0.15) is 41.3 Å². The van der Waals surface area contributed by atoms with Crippen LogP contribution in [0.3, 0.4) is 0 Å². The van der Waals surface area contributed by atoms with E-state index in [4.69, 9.17) is 4.74 Å². The average Bonchev–Trinajstić information content (AvgIpc) is 3.04. The van der Waals surface area contributed by atoms with E-state index >= 15 is 0 Å². The third-order valence-corrected chi connectivity index (χ3v) is 3.93. The number of carbonyl (C=O) groups excluding carboxylic acids is 2. The molecule has 1 heterocycles. The third kappa shape index (κ3) is 4.82. The zero-order valence-electron chi connectivity index (χ0n) is 13.4. The number of hydrogen-bond acceptors (Lipinski definition) is 4. The summed E-state index contributed by atoms with van der Waals surface area (Å²) >= 11 is 1.42. The van der Waals surface area contributed by atoms with Crippen molar-refractivity contribution in [2.45, 2.75) is 26.7 Å². The van der Waals surface area contributed by atoms with Gasteiger partial charge in [-0.1, -0.05) is 26.0 Å².